The van der Waals surface area contributed by atoms with E-state index in [2.05, 4.69) is 15.4 Å². The van der Waals surface area contributed by atoms with Crippen LogP contribution in [0.2, 0.25) is 0 Å². The van der Waals surface area contributed by atoms with Gasteiger partial charge in [-0.1, -0.05) is 0 Å². The van der Waals surface area contributed by atoms with Gasteiger partial charge in [0.05, 0.1) is 17.2 Å². The summed E-state index contributed by atoms with van der Waals surface area (Å²) in [6, 6.07) is 3.33. The Labute approximate surface area is 104 Å². The van der Waals surface area contributed by atoms with Crippen molar-refractivity contribution in [3.63, 3.8) is 0 Å². The van der Waals surface area contributed by atoms with Crippen LogP contribution in [0.1, 0.15) is 11.3 Å². The second kappa shape index (κ2) is 4.82. The lowest BCUT2D eigenvalue weighted by Gasteiger charge is -2.04. The van der Waals surface area contributed by atoms with Gasteiger partial charge in [0.1, 0.15) is 0 Å². The number of nitro groups is 1. The summed E-state index contributed by atoms with van der Waals surface area (Å²) in [6.45, 7) is 2.17. The maximum absolute atomic E-state index is 10.9. The zero-order valence-corrected chi connectivity index (χ0v) is 10.1. The standard InChI is InChI=1S/C11H13N5O2/c1-8-5-10(16(17)18)11(12-6-8)13-7-9-3-4-15(2)14-9/h3-6H,7H2,1-2H3,(H,12,13). The van der Waals surface area contributed by atoms with Crippen LogP contribution in [0, 0.1) is 17.0 Å². The molecule has 0 amide bonds. The summed E-state index contributed by atoms with van der Waals surface area (Å²) in [7, 11) is 1.82. The molecule has 0 spiro atoms. The van der Waals surface area contributed by atoms with E-state index in [1.54, 1.807) is 17.8 Å². The Morgan fingerprint density at radius 1 is 1.56 bits per heavy atom. The molecule has 0 aromatic carbocycles. The average Bonchev–Trinajstić information content (AvgIpc) is 2.73. The number of hydrogen-bond acceptors (Lipinski definition) is 5. The average molecular weight is 247 g/mol. The minimum atomic E-state index is -0.444. The fraction of sp³-hybridized carbons (Fsp3) is 0.273. The van der Waals surface area contributed by atoms with Crippen LogP contribution >= 0.6 is 0 Å². The van der Waals surface area contributed by atoms with E-state index in [9.17, 15) is 10.1 Å². The van der Waals surface area contributed by atoms with Gasteiger partial charge in [0, 0.05) is 25.5 Å². The van der Waals surface area contributed by atoms with Crippen molar-refractivity contribution >= 4 is 11.5 Å². The molecule has 0 fully saturated rings. The Hall–Kier alpha value is -2.44. The molecule has 0 saturated heterocycles. The van der Waals surface area contributed by atoms with Crippen LogP contribution in [0.25, 0.3) is 0 Å². The fourth-order valence-corrected chi connectivity index (χ4v) is 1.56. The molecule has 2 rings (SSSR count). The smallest absolute Gasteiger partial charge is 0.311 e. The monoisotopic (exact) mass is 247 g/mol. The zero-order chi connectivity index (χ0) is 13.1. The molecular formula is C11H13N5O2. The second-order valence-corrected chi connectivity index (χ2v) is 3.97. The molecule has 2 heterocycles. The summed E-state index contributed by atoms with van der Waals surface area (Å²) >= 11 is 0. The van der Waals surface area contributed by atoms with Gasteiger partial charge in [-0.05, 0) is 18.6 Å². The molecular weight excluding hydrogens is 234 g/mol. The first kappa shape index (κ1) is 12.0. The minimum Gasteiger partial charge on any atom is -0.359 e. The van der Waals surface area contributed by atoms with Gasteiger partial charge in [-0.25, -0.2) is 4.98 Å². The molecule has 7 heteroatoms. The Balaban J connectivity index is 2.16. The molecule has 2 aromatic rings. The number of aryl methyl sites for hydroxylation is 2. The molecule has 94 valence electrons. The van der Waals surface area contributed by atoms with Crippen molar-refractivity contribution in [2.75, 3.05) is 5.32 Å². The van der Waals surface area contributed by atoms with Crippen LogP contribution in [-0.2, 0) is 13.6 Å². The quantitative estimate of drug-likeness (QED) is 0.655. The van der Waals surface area contributed by atoms with Gasteiger partial charge in [-0.2, -0.15) is 5.10 Å². The maximum Gasteiger partial charge on any atom is 0.311 e. The van der Waals surface area contributed by atoms with Crippen molar-refractivity contribution in [1.29, 1.82) is 0 Å². The largest absolute Gasteiger partial charge is 0.359 e. The number of nitrogens with zero attached hydrogens (tertiary/aromatic N) is 4. The van der Waals surface area contributed by atoms with E-state index in [1.165, 1.54) is 6.07 Å². The Morgan fingerprint density at radius 2 is 2.33 bits per heavy atom. The molecule has 0 aliphatic rings. The summed E-state index contributed by atoms with van der Waals surface area (Å²) < 4.78 is 1.67. The van der Waals surface area contributed by atoms with Crippen LogP contribution in [-0.4, -0.2) is 19.7 Å². The fourth-order valence-electron chi connectivity index (χ4n) is 1.56. The highest BCUT2D eigenvalue weighted by Crippen LogP contribution is 2.22. The third-order valence-corrected chi connectivity index (χ3v) is 2.41. The van der Waals surface area contributed by atoms with Crippen molar-refractivity contribution in [3.8, 4) is 0 Å². The summed E-state index contributed by atoms with van der Waals surface area (Å²) in [5, 5.41) is 18.0. The van der Waals surface area contributed by atoms with E-state index in [1.807, 2.05) is 19.3 Å². The molecule has 0 unspecified atom stereocenters. The van der Waals surface area contributed by atoms with Gasteiger partial charge in [0.2, 0.25) is 5.82 Å². The zero-order valence-electron chi connectivity index (χ0n) is 10.1. The van der Waals surface area contributed by atoms with E-state index in [4.69, 9.17) is 0 Å². The van der Waals surface area contributed by atoms with E-state index < -0.39 is 4.92 Å². The van der Waals surface area contributed by atoms with Crippen molar-refractivity contribution < 1.29 is 4.92 Å². The molecule has 0 aliphatic carbocycles. The van der Waals surface area contributed by atoms with Gasteiger partial charge >= 0.3 is 5.69 Å². The summed E-state index contributed by atoms with van der Waals surface area (Å²) in [5.41, 5.74) is 1.53. The van der Waals surface area contributed by atoms with Gasteiger partial charge in [0.25, 0.3) is 0 Å². The first-order valence-electron chi connectivity index (χ1n) is 5.39. The topological polar surface area (TPSA) is 85.9 Å². The highest BCUT2D eigenvalue weighted by Gasteiger charge is 2.15. The lowest BCUT2D eigenvalue weighted by molar-refractivity contribution is -0.384. The predicted molar refractivity (Wildman–Crippen MR) is 66.2 cm³/mol. The summed E-state index contributed by atoms with van der Waals surface area (Å²) in [5.74, 6) is 0.260. The number of pyridine rings is 1. The molecule has 7 nitrogen and oxygen atoms in total. The SMILES string of the molecule is Cc1cnc(NCc2ccn(C)n2)c([N+](=O)[O-])c1. The Kier molecular flexibility index (Phi) is 3.22. The molecule has 0 radical (unpaired) electrons. The van der Waals surface area contributed by atoms with Crippen LogP contribution in [0.5, 0.6) is 0 Å². The number of nitrogens with one attached hydrogen (secondary N) is 1. The number of aromatic nitrogens is 3. The van der Waals surface area contributed by atoms with Gasteiger partial charge in [0.15, 0.2) is 0 Å². The van der Waals surface area contributed by atoms with E-state index >= 15 is 0 Å². The van der Waals surface area contributed by atoms with Crippen LogP contribution in [0.4, 0.5) is 11.5 Å². The molecule has 0 atom stereocenters. The van der Waals surface area contributed by atoms with Crippen molar-refractivity contribution in [1.82, 2.24) is 14.8 Å². The summed E-state index contributed by atoms with van der Waals surface area (Å²) in [6.07, 6.45) is 3.40. The Morgan fingerprint density at radius 3 is 2.94 bits per heavy atom. The van der Waals surface area contributed by atoms with E-state index in [0.717, 1.165) is 11.3 Å². The van der Waals surface area contributed by atoms with Crippen molar-refractivity contribution in [2.24, 2.45) is 7.05 Å². The molecule has 2 aromatic heterocycles. The highest BCUT2D eigenvalue weighted by atomic mass is 16.6. The number of hydrogen-bond donors (Lipinski definition) is 1. The van der Waals surface area contributed by atoms with Crippen molar-refractivity contribution in [3.05, 3.63) is 45.9 Å². The number of anilines is 1. The third kappa shape index (κ3) is 2.62. The predicted octanol–water partition coefficient (Wildman–Crippen LogP) is 1.64. The van der Waals surface area contributed by atoms with Crippen LogP contribution in [0.3, 0.4) is 0 Å². The molecule has 0 saturated carbocycles. The third-order valence-electron chi connectivity index (χ3n) is 2.41. The first-order valence-corrected chi connectivity index (χ1v) is 5.39. The summed E-state index contributed by atoms with van der Waals surface area (Å²) in [4.78, 5) is 14.5. The molecule has 0 aliphatic heterocycles. The van der Waals surface area contributed by atoms with E-state index in [-0.39, 0.29) is 11.5 Å². The van der Waals surface area contributed by atoms with Gasteiger partial charge in [-0.15, -0.1) is 0 Å². The van der Waals surface area contributed by atoms with Gasteiger partial charge in [-0.3, -0.25) is 14.8 Å². The lowest BCUT2D eigenvalue weighted by Crippen LogP contribution is -2.05. The first-order chi connectivity index (χ1) is 8.56. The minimum absolute atomic E-state index is 0.0223. The molecule has 1 N–H and O–H groups in total. The van der Waals surface area contributed by atoms with E-state index in [0.29, 0.717) is 6.54 Å². The molecule has 18 heavy (non-hydrogen) atoms. The Bertz CT molecular complexity index is 579. The molecule has 0 bridgehead atoms. The van der Waals surface area contributed by atoms with Crippen LogP contribution in [0.15, 0.2) is 24.5 Å². The van der Waals surface area contributed by atoms with Crippen molar-refractivity contribution in [2.45, 2.75) is 13.5 Å². The van der Waals surface area contributed by atoms with Crippen LogP contribution < -0.4 is 5.32 Å². The normalized spacial score (nSPS) is 10.3. The second-order valence-electron chi connectivity index (χ2n) is 3.97. The number of rotatable bonds is 4. The van der Waals surface area contributed by atoms with Gasteiger partial charge < -0.3 is 5.32 Å². The maximum atomic E-state index is 10.9. The highest BCUT2D eigenvalue weighted by molar-refractivity contribution is 5.56. The lowest BCUT2D eigenvalue weighted by atomic mass is 10.3.